The van der Waals surface area contributed by atoms with Gasteiger partial charge in [0.1, 0.15) is 11.6 Å². The molecule has 0 amide bonds. The standard InChI is InChI=1S/C32H62O2/c1-3-4-5-6-7-8-9-14-17-20-23-26-29-32(34)30-27-24-21-18-15-12-10-11-13-16-19-22-25-28-31(2)33/h3-30H2,1-2H3. The summed E-state index contributed by atoms with van der Waals surface area (Å²) in [6, 6.07) is 0. The zero-order valence-corrected chi connectivity index (χ0v) is 23.6. The second-order valence-electron chi connectivity index (χ2n) is 11.0. The van der Waals surface area contributed by atoms with Crippen LogP contribution in [0.15, 0.2) is 0 Å². The van der Waals surface area contributed by atoms with Crippen LogP contribution in [0.5, 0.6) is 0 Å². The Bertz CT molecular complexity index is 429. The van der Waals surface area contributed by atoms with E-state index in [9.17, 15) is 9.59 Å². The van der Waals surface area contributed by atoms with Crippen LogP contribution in [0.4, 0.5) is 0 Å². The number of hydrogen-bond acceptors (Lipinski definition) is 2. The summed E-state index contributed by atoms with van der Waals surface area (Å²) in [6.07, 6.45) is 35.6. The lowest BCUT2D eigenvalue weighted by Crippen LogP contribution is -1.97. The van der Waals surface area contributed by atoms with Gasteiger partial charge in [0.25, 0.3) is 0 Å². The van der Waals surface area contributed by atoms with Crippen LogP contribution in [0.1, 0.15) is 194 Å². The van der Waals surface area contributed by atoms with Gasteiger partial charge in [0, 0.05) is 19.3 Å². The maximum absolute atomic E-state index is 12.1. The average molecular weight is 479 g/mol. The summed E-state index contributed by atoms with van der Waals surface area (Å²) in [5, 5.41) is 0. The molecule has 2 nitrogen and oxygen atoms in total. The molecule has 0 fully saturated rings. The first kappa shape index (κ1) is 33.3. The zero-order valence-electron chi connectivity index (χ0n) is 23.6. The minimum absolute atomic E-state index is 0.335. The predicted octanol–water partition coefficient (Wildman–Crippen LogP) is 11.1. The van der Waals surface area contributed by atoms with Crippen LogP contribution < -0.4 is 0 Å². The zero-order chi connectivity index (χ0) is 25.0. The molecule has 34 heavy (non-hydrogen) atoms. The highest BCUT2D eigenvalue weighted by atomic mass is 16.1. The van der Waals surface area contributed by atoms with Crippen molar-refractivity contribution in [3.05, 3.63) is 0 Å². The molecule has 0 spiro atoms. The van der Waals surface area contributed by atoms with Gasteiger partial charge in [-0.15, -0.1) is 0 Å². The van der Waals surface area contributed by atoms with Crippen molar-refractivity contribution >= 4 is 11.6 Å². The van der Waals surface area contributed by atoms with E-state index in [2.05, 4.69) is 6.92 Å². The third-order valence-corrected chi connectivity index (χ3v) is 7.29. The van der Waals surface area contributed by atoms with Crippen molar-refractivity contribution in [2.75, 3.05) is 0 Å². The Morgan fingerprint density at radius 1 is 0.353 bits per heavy atom. The van der Waals surface area contributed by atoms with Crippen LogP contribution in [-0.2, 0) is 9.59 Å². The first-order valence-electron chi connectivity index (χ1n) is 15.7. The Morgan fingerprint density at radius 3 is 0.853 bits per heavy atom. The Morgan fingerprint density at radius 2 is 0.588 bits per heavy atom. The molecule has 0 saturated heterocycles. The van der Waals surface area contributed by atoms with Crippen LogP contribution in [0.2, 0.25) is 0 Å². The van der Waals surface area contributed by atoms with Gasteiger partial charge in [-0.3, -0.25) is 4.79 Å². The first-order valence-corrected chi connectivity index (χ1v) is 15.7. The van der Waals surface area contributed by atoms with Gasteiger partial charge in [-0.1, -0.05) is 148 Å². The fourth-order valence-corrected chi connectivity index (χ4v) is 4.93. The Labute approximate surface area is 214 Å². The number of carbonyl (C=O) groups is 2. The Kier molecular flexibility index (Phi) is 28.0. The predicted molar refractivity (Wildman–Crippen MR) is 151 cm³/mol. The number of ketones is 2. The molecule has 0 aromatic carbocycles. The van der Waals surface area contributed by atoms with E-state index in [1.54, 1.807) is 6.92 Å². The van der Waals surface area contributed by atoms with Gasteiger partial charge in [0.05, 0.1) is 0 Å². The summed E-state index contributed by atoms with van der Waals surface area (Å²) in [5.74, 6) is 0.842. The summed E-state index contributed by atoms with van der Waals surface area (Å²) in [5.41, 5.74) is 0. The lowest BCUT2D eigenvalue weighted by Gasteiger charge is -2.04. The molecule has 0 heterocycles. The smallest absolute Gasteiger partial charge is 0.132 e. The monoisotopic (exact) mass is 478 g/mol. The lowest BCUT2D eigenvalue weighted by molar-refractivity contribution is -0.119. The highest BCUT2D eigenvalue weighted by molar-refractivity contribution is 5.78. The molecule has 0 radical (unpaired) electrons. The van der Waals surface area contributed by atoms with Crippen LogP contribution in [0.3, 0.4) is 0 Å². The van der Waals surface area contributed by atoms with Gasteiger partial charge >= 0.3 is 0 Å². The summed E-state index contributed by atoms with van der Waals surface area (Å²) in [6.45, 7) is 3.98. The molecule has 0 atom stereocenters. The average Bonchev–Trinajstić information content (AvgIpc) is 2.82. The van der Waals surface area contributed by atoms with Crippen LogP contribution in [0.25, 0.3) is 0 Å². The van der Waals surface area contributed by atoms with E-state index in [4.69, 9.17) is 0 Å². The second-order valence-corrected chi connectivity index (χ2v) is 11.0. The number of unbranched alkanes of at least 4 members (excludes halogenated alkanes) is 23. The third kappa shape index (κ3) is 29.4. The van der Waals surface area contributed by atoms with Crippen LogP contribution >= 0.6 is 0 Å². The van der Waals surface area contributed by atoms with E-state index < -0.39 is 0 Å². The lowest BCUT2D eigenvalue weighted by atomic mass is 10.0. The second kappa shape index (κ2) is 28.6. The van der Waals surface area contributed by atoms with Gasteiger partial charge in [-0.2, -0.15) is 0 Å². The van der Waals surface area contributed by atoms with E-state index >= 15 is 0 Å². The SMILES string of the molecule is CCCCCCCCCCCCCCC(=O)CCCCCCCCCCCCCCCC(C)=O. The van der Waals surface area contributed by atoms with Crippen molar-refractivity contribution in [3.63, 3.8) is 0 Å². The minimum Gasteiger partial charge on any atom is -0.300 e. The summed E-state index contributed by atoms with van der Waals surface area (Å²) < 4.78 is 0. The van der Waals surface area contributed by atoms with E-state index in [0.29, 0.717) is 11.6 Å². The fourth-order valence-electron chi connectivity index (χ4n) is 4.93. The van der Waals surface area contributed by atoms with Crippen molar-refractivity contribution in [2.45, 2.75) is 194 Å². The van der Waals surface area contributed by atoms with Gasteiger partial charge in [-0.25, -0.2) is 0 Å². The molecule has 0 saturated carbocycles. The highest BCUT2D eigenvalue weighted by Gasteiger charge is 2.02. The molecule has 0 aromatic heterocycles. The normalized spacial score (nSPS) is 11.2. The van der Waals surface area contributed by atoms with Gasteiger partial charge < -0.3 is 4.79 Å². The number of Topliss-reactive ketones (excluding diaryl/α,β-unsaturated/α-hetero) is 2. The van der Waals surface area contributed by atoms with Crippen molar-refractivity contribution < 1.29 is 9.59 Å². The third-order valence-electron chi connectivity index (χ3n) is 7.29. The summed E-state index contributed by atoms with van der Waals surface area (Å²) in [7, 11) is 0. The van der Waals surface area contributed by atoms with Crippen molar-refractivity contribution in [1.29, 1.82) is 0 Å². The number of rotatable bonds is 29. The highest BCUT2D eigenvalue weighted by Crippen LogP contribution is 2.15. The maximum Gasteiger partial charge on any atom is 0.132 e. The Hall–Kier alpha value is -0.660. The molecule has 2 heteroatoms. The van der Waals surface area contributed by atoms with Crippen LogP contribution in [0, 0.1) is 0 Å². The first-order chi connectivity index (χ1) is 16.7. The molecule has 202 valence electrons. The molecule has 0 bridgehead atoms. The van der Waals surface area contributed by atoms with Gasteiger partial charge in [0.15, 0.2) is 0 Å². The van der Waals surface area contributed by atoms with E-state index in [1.165, 1.54) is 141 Å². The quantitative estimate of drug-likeness (QED) is 0.100. The molecule has 0 N–H and O–H groups in total. The fraction of sp³-hybridized carbons (Fsp3) is 0.938. The molecule has 0 aliphatic carbocycles. The van der Waals surface area contributed by atoms with Gasteiger partial charge in [0.2, 0.25) is 0 Å². The van der Waals surface area contributed by atoms with Crippen molar-refractivity contribution in [1.82, 2.24) is 0 Å². The van der Waals surface area contributed by atoms with E-state index in [-0.39, 0.29) is 0 Å². The van der Waals surface area contributed by atoms with Crippen molar-refractivity contribution in [3.8, 4) is 0 Å². The molecule has 0 aliphatic rings. The molecule has 0 unspecified atom stereocenters. The Balaban J connectivity index is 3.15. The maximum atomic E-state index is 12.1. The molecule has 0 aromatic rings. The summed E-state index contributed by atoms with van der Waals surface area (Å²) in [4.78, 5) is 22.9. The van der Waals surface area contributed by atoms with Crippen LogP contribution in [-0.4, -0.2) is 11.6 Å². The van der Waals surface area contributed by atoms with Crippen molar-refractivity contribution in [2.24, 2.45) is 0 Å². The molecular weight excluding hydrogens is 416 g/mol. The summed E-state index contributed by atoms with van der Waals surface area (Å²) >= 11 is 0. The molecule has 0 rings (SSSR count). The minimum atomic E-state index is 0.335. The molecular formula is C32H62O2. The number of carbonyl (C=O) groups excluding carboxylic acids is 2. The van der Waals surface area contributed by atoms with Gasteiger partial charge in [-0.05, 0) is 26.2 Å². The largest absolute Gasteiger partial charge is 0.300 e. The topological polar surface area (TPSA) is 34.1 Å². The molecule has 0 aliphatic heterocycles. The van der Waals surface area contributed by atoms with E-state index in [1.807, 2.05) is 0 Å². The van der Waals surface area contributed by atoms with E-state index in [0.717, 1.165) is 38.5 Å². The number of hydrogen-bond donors (Lipinski definition) is 0.